The Morgan fingerprint density at radius 2 is 2.26 bits per heavy atom. The molecule has 4 nitrogen and oxygen atoms in total. The number of aromatic amines is 1. The molecule has 5 heteroatoms. The van der Waals surface area contributed by atoms with E-state index in [1.165, 1.54) is 36.1 Å². The number of H-pyrrole nitrogens is 1. The van der Waals surface area contributed by atoms with Crippen LogP contribution in [-0.2, 0) is 12.8 Å². The number of fused-ring (bicyclic) bond motifs is 3. The topological polar surface area (TPSA) is 57.8 Å². The summed E-state index contributed by atoms with van der Waals surface area (Å²) in [6, 6.07) is 0.0852. The van der Waals surface area contributed by atoms with Gasteiger partial charge in [0, 0.05) is 4.88 Å². The first-order chi connectivity index (χ1) is 11.1. The number of rotatable bonds is 6. The van der Waals surface area contributed by atoms with E-state index in [1.807, 2.05) is 0 Å². The predicted molar refractivity (Wildman–Crippen MR) is 97.4 cm³/mol. The Bertz CT molecular complexity index is 734. The highest BCUT2D eigenvalue weighted by Gasteiger charge is 2.23. The summed E-state index contributed by atoms with van der Waals surface area (Å²) in [5, 5.41) is 4.31. The highest BCUT2D eigenvalue weighted by molar-refractivity contribution is 7.18. The van der Waals surface area contributed by atoms with Crippen molar-refractivity contribution in [1.29, 1.82) is 0 Å². The van der Waals surface area contributed by atoms with Crippen molar-refractivity contribution in [3.05, 3.63) is 26.6 Å². The van der Waals surface area contributed by atoms with E-state index < -0.39 is 0 Å². The quantitative estimate of drug-likeness (QED) is 0.787. The van der Waals surface area contributed by atoms with Crippen LogP contribution >= 0.6 is 11.3 Å². The van der Waals surface area contributed by atoms with E-state index in [1.54, 1.807) is 11.3 Å². The fourth-order valence-corrected chi connectivity index (χ4v) is 4.75. The van der Waals surface area contributed by atoms with Crippen LogP contribution in [-0.4, -0.2) is 16.5 Å². The van der Waals surface area contributed by atoms with Gasteiger partial charge in [-0.15, -0.1) is 11.3 Å². The summed E-state index contributed by atoms with van der Waals surface area (Å²) < 4.78 is 0. The van der Waals surface area contributed by atoms with Crippen LogP contribution in [0, 0.1) is 5.92 Å². The fourth-order valence-electron chi connectivity index (χ4n) is 3.36. The van der Waals surface area contributed by atoms with Crippen LogP contribution in [0.1, 0.15) is 68.8 Å². The summed E-state index contributed by atoms with van der Waals surface area (Å²) in [5.41, 5.74) is 1.30. The molecule has 0 unspecified atom stereocenters. The fraction of sp³-hybridized carbons (Fsp3) is 0.667. The lowest BCUT2D eigenvalue weighted by Gasteiger charge is -2.17. The lowest BCUT2D eigenvalue weighted by molar-refractivity contribution is 0.509. The summed E-state index contributed by atoms with van der Waals surface area (Å²) in [7, 11) is 0. The second-order valence-electron chi connectivity index (χ2n) is 6.87. The van der Waals surface area contributed by atoms with Crippen molar-refractivity contribution in [2.75, 3.05) is 6.54 Å². The zero-order chi connectivity index (χ0) is 16.4. The smallest absolute Gasteiger partial charge is 0.259 e. The largest absolute Gasteiger partial charge is 0.309 e. The average Bonchev–Trinajstić information content (AvgIpc) is 2.88. The molecule has 2 aromatic rings. The predicted octanol–water partition coefficient (Wildman–Crippen LogP) is 3.95. The van der Waals surface area contributed by atoms with Crippen LogP contribution in [0.2, 0.25) is 0 Å². The Kier molecular flexibility index (Phi) is 5.17. The molecule has 2 heterocycles. The van der Waals surface area contributed by atoms with Crippen LogP contribution in [0.3, 0.4) is 0 Å². The molecule has 0 fully saturated rings. The van der Waals surface area contributed by atoms with E-state index in [2.05, 4.69) is 31.1 Å². The van der Waals surface area contributed by atoms with E-state index in [9.17, 15) is 4.79 Å². The monoisotopic (exact) mass is 333 g/mol. The van der Waals surface area contributed by atoms with Gasteiger partial charge in [0.2, 0.25) is 0 Å². The Hall–Kier alpha value is -1.20. The van der Waals surface area contributed by atoms with Gasteiger partial charge in [0.15, 0.2) is 0 Å². The van der Waals surface area contributed by atoms with Gasteiger partial charge in [-0.25, -0.2) is 4.98 Å². The number of unbranched alkanes of at least 4 members (excludes halogenated alkanes) is 2. The number of aromatic nitrogens is 2. The Balaban J connectivity index is 1.85. The minimum atomic E-state index is 0.0410. The SMILES string of the molecule is CCCCCN[C@@H](C)c1nc2sc3c(c2c(=O)[nH]1)CC[C@H](C)C3. The molecule has 0 aromatic carbocycles. The van der Waals surface area contributed by atoms with Crippen LogP contribution < -0.4 is 10.9 Å². The van der Waals surface area contributed by atoms with Gasteiger partial charge >= 0.3 is 0 Å². The number of nitrogens with zero attached hydrogens (tertiary/aromatic N) is 1. The summed E-state index contributed by atoms with van der Waals surface area (Å²) >= 11 is 1.72. The van der Waals surface area contributed by atoms with Gasteiger partial charge in [-0.3, -0.25) is 4.79 Å². The maximum Gasteiger partial charge on any atom is 0.259 e. The Morgan fingerprint density at radius 1 is 1.43 bits per heavy atom. The maximum absolute atomic E-state index is 12.6. The molecule has 0 spiro atoms. The van der Waals surface area contributed by atoms with Crippen LogP contribution in [0.25, 0.3) is 10.2 Å². The van der Waals surface area contributed by atoms with Crippen molar-refractivity contribution < 1.29 is 0 Å². The molecule has 0 radical (unpaired) electrons. The third-order valence-corrected chi connectivity index (χ3v) is 5.97. The molecule has 0 bridgehead atoms. The number of thiophene rings is 1. The molecule has 0 amide bonds. The third kappa shape index (κ3) is 3.50. The van der Waals surface area contributed by atoms with Crippen molar-refractivity contribution in [3.63, 3.8) is 0 Å². The standard InChI is InChI=1S/C18H27N3OS/c1-4-5-6-9-19-12(3)16-20-17(22)15-13-8-7-11(2)10-14(13)23-18(15)21-16/h11-12,19H,4-10H2,1-3H3,(H,20,21,22)/t11-,12-/m0/s1. The first-order valence-electron chi connectivity index (χ1n) is 8.88. The van der Waals surface area contributed by atoms with Crippen molar-refractivity contribution in [2.24, 2.45) is 5.92 Å². The molecule has 3 rings (SSSR count). The summed E-state index contributed by atoms with van der Waals surface area (Å²) in [6.07, 6.45) is 6.91. The Morgan fingerprint density at radius 3 is 3.04 bits per heavy atom. The Labute approximate surface area is 141 Å². The first-order valence-corrected chi connectivity index (χ1v) is 9.69. The minimum Gasteiger partial charge on any atom is -0.309 e. The van der Waals surface area contributed by atoms with Gasteiger partial charge in [-0.1, -0.05) is 26.7 Å². The summed E-state index contributed by atoms with van der Waals surface area (Å²) in [5.74, 6) is 1.49. The number of aryl methyl sites for hydroxylation is 1. The van der Waals surface area contributed by atoms with Gasteiger partial charge in [0.05, 0.1) is 11.4 Å². The van der Waals surface area contributed by atoms with Gasteiger partial charge in [-0.05, 0) is 50.6 Å². The number of hydrogen-bond acceptors (Lipinski definition) is 4. The molecule has 0 saturated heterocycles. The third-order valence-electron chi connectivity index (χ3n) is 4.82. The molecule has 23 heavy (non-hydrogen) atoms. The van der Waals surface area contributed by atoms with Gasteiger partial charge in [-0.2, -0.15) is 0 Å². The van der Waals surface area contributed by atoms with Gasteiger partial charge in [0.25, 0.3) is 5.56 Å². The van der Waals surface area contributed by atoms with Crippen LogP contribution in [0.4, 0.5) is 0 Å². The summed E-state index contributed by atoms with van der Waals surface area (Å²) in [6.45, 7) is 7.54. The lowest BCUT2D eigenvalue weighted by atomic mass is 9.89. The molecule has 1 aliphatic rings. The van der Waals surface area contributed by atoms with E-state index in [-0.39, 0.29) is 11.6 Å². The van der Waals surface area contributed by atoms with E-state index in [4.69, 9.17) is 4.98 Å². The molecular formula is C18H27N3OS. The zero-order valence-corrected chi connectivity index (χ0v) is 15.2. The highest BCUT2D eigenvalue weighted by Crippen LogP contribution is 2.35. The lowest BCUT2D eigenvalue weighted by Crippen LogP contribution is -2.24. The van der Waals surface area contributed by atoms with Crippen molar-refractivity contribution in [3.8, 4) is 0 Å². The molecule has 0 saturated carbocycles. The molecule has 1 aliphatic carbocycles. The molecule has 2 aromatic heterocycles. The summed E-state index contributed by atoms with van der Waals surface area (Å²) in [4.78, 5) is 22.7. The van der Waals surface area contributed by atoms with E-state index >= 15 is 0 Å². The van der Waals surface area contributed by atoms with Crippen molar-refractivity contribution in [1.82, 2.24) is 15.3 Å². The van der Waals surface area contributed by atoms with Crippen molar-refractivity contribution >= 4 is 21.6 Å². The average molecular weight is 334 g/mol. The highest BCUT2D eigenvalue weighted by atomic mass is 32.1. The second kappa shape index (κ2) is 7.14. The normalized spacial score (nSPS) is 19.0. The zero-order valence-electron chi connectivity index (χ0n) is 14.4. The van der Waals surface area contributed by atoms with E-state index in [0.29, 0.717) is 5.92 Å². The molecule has 2 N–H and O–H groups in total. The second-order valence-corrected chi connectivity index (χ2v) is 7.95. The van der Waals surface area contributed by atoms with Gasteiger partial charge < -0.3 is 10.3 Å². The number of hydrogen-bond donors (Lipinski definition) is 2. The van der Waals surface area contributed by atoms with Gasteiger partial charge in [0.1, 0.15) is 10.7 Å². The molecule has 126 valence electrons. The molecule has 0 aliphatic heterocycles. The van der Waals surface area contributed by atoms with Crippen molar-refractivity contribution in [2.45, 2.75) is 65.3 Å². The first kappa shape index (κ1) is 16.7. The maximum atomic E-state index is 12.6. The van der Waals surface area contributed by atoms with Crippen LogP contribution in [0.15, 0.2) is 4.79 Å². The number of nitrogens with one attached hydrogen (secondary N) is 2. The van der Waals surface area contributed by atoms with Crippen LogP contribution in [0.5, 0.6) is 0 Å². The minimum absolute atomic E-state index is 0.0410. The molecular weight excluding hydrogens is 306 g/mol. The van der Waals surface area contributed by atoms with E-state index in [0.717, 1.165) is 35.4 Å². The molecule has 2 atom stereocenters.